The van der Waals surface area contributed by atoms with E-state index in [9.17, 15) is 19.5 Å². The van der Waals surface area contributed by atoms with Crippen LogP contribution in [0.25, 0.3) is 0 Å². The van der Waals surface area contributed by atoms with Crippen LogP contribution in [-0.2, 0) is 19.1 Å². The van der Waals surface area contributed by atoms with Gasteiger partial charge in [-0.15, -0.1) is 0 Å². The molecule has 0 aromatic rings. The van der Waals surface area contributed by atoms with Crippen LogP contribution in [0.5, 0.6) is 0 Å². The van der Waals surface area contributed by atoms with E-state index in [2.05, 4.69) is 6.92 Å². The number of hydrogen-bond donors (Lipinski definition) is 1. The number of amides is 3. The van der Waals surface area contributed by atoms with Crippen molar-refractivity contribution in [1.82, 2.24) is 14.7 Å². The number of unbranched alkanes of at least 4 members (excludes halogenated alkanes) is 1. The molecule has 0 bridgehead atoms. The van der Waals surface area contributed by atoms with Crippen molar-refractivity contribution in [3.8, 4) is 0 Å². The number of ether oxygens (including phenoxy) is 1. The molecule has 0 saturated carbocycles. The van der Waals surface area contributed by atoms with E-state index in [4.69, 9.17) is 4.74 Å². The summed E-state index contributed by atoms with van der Waals surface area (Å²) >= 11 is 0. The Morgan fingerprint density at radius 3 is 2.38 bits per heavy atom. The predicted octanol–water partition coefficient (Wildman–Crippen LogP) is 1.59. The van der Waals surface area contributed by atoms with Crippen LogP contribution < -0.4 is 0 Å². The van der Waals surface area contributed by atoms with Crippen LogP contribution in [0.3, 0.4) is 0 Å². The average Bonchev–Trinajstić information content (AvgIpc) is 3.11. The Hall–Kier alpha value is -2.19. The number of aliphatic hydroxyl groups excluding tert-OH is 1. The molecule has 4 aliphatic heterocycles. The maximum atomic E-state index is 14.2. The van der Waals surface area contributed by atoms with Crippen molar-refractivity contribution in [2.75, 3.05) is 33.3 Å². The van der Waals surface area contributed by atoms with Gasteiger partial charge < -0.3 is 24.5 Å². The van der Waals surface area contributed by atoms with E-state index >= 15 is 0 Å². The number of fused-ring (bicyclic) bond motifs is 2. The third kappa shape index (κ3) is 3.44. The molecule has 8 nitrogen and oxygen atoms in total. The molecule has 3 amide bonds. The number of rotatable bonds is 7. The fraction of sp³-hybridized carbons (Fsp3) is 0.731. The van der Waals surface area contributed by atoms with E-state index in [-0.39, 0.29) is 30.2 Å². The number of carbonyl (C=O) groups excluding carboxylic acids is 3. The number of aliphatic hydroxyl groups is 1. The summed E-state index contributed by atoms with van der Waals surface area (Å²) in [5.74, 6) is -2.20. The van der Waals surface area contributed by atoms with E-state index < -0.39 is 35.1 Å². The summed E-state index contributed by atoms with van der Waals surface area (Å²) in [7, 11) is 1.74. The van der Waals surface area contributed by atoms with Gasteiger partial charge in [-0.1, -0.05) is 58.4 Å². The van der Waals surface area contributed by atoms with Crippen LogP contribution in [-0.4, -0.2) is 94.1 Å². The molecule has 34 heavy (non-hydrogen) atoms. The smallest absolute Gasteiger partial charge is 0.249 e. The molecule has 0 aromatic heterocycles. The molecule has 0 aliphatic carbocycles. The number of carbonyl (C=O) groups is 3. The van der Waals surface area contributed by atoms with E-state index in [1.807, 2.05) is 45.1 Å². The minimum Gasteiger partial charge on any atom is -0.394 e. The molecule has 1 unspecified atom stereocenters. The Morgan fingerprint density at radius 2 is 1.76 bits per heavy atom. The second-order valence-corrected chi connectivity index (χ2v) is 10.5. The first-order chi connectivity index (χ1) is 16.2. The van der Waals surface area contributed by atoms with Crippen LogP contribution >= 0.6 is 0 Å². The Kier molecular flexibility index (Phi) is 6.68. The van der Waals surface area contributed by atoms with Gasteiger partial charge in [0.05, 0.1) is 30.1 Å². The summed E-state index contributed by atoms with van der Waals surface area (Å²) in [5.41, 5.74) is -2.21. The van der Waals surface area contributed by atoms with Crippen molar-refractivity contribution in [1.29, 1.82) is 0 Å². The normalized spacial score (nSPS) is 36.0. The fourth-order valence-electron chi connectivity index (χ4n) is 6.40. The zero-order valence-electron chi connectivity index (χ0n) is 21.1. The Balaban J connectivity index is 1.91. The lowest BCUT2D eigenvalue weighted by molar-refractivity contribution is -0.158. The van der Waals surface area contributed by atoms with E-state index in [1.165, 1.54) is 0 Å². The number of nitrogens with zero attached hydrogens (tertiary/aromatic N) is 3. The molecule has 8 heteroatoms. The maximum absolute atomic E-state index is 14.2. The van der Waals surface area contributed by atoms with Crippen LogP contribution in [0, 0.1) is 17.8 Å². The molecule has 4 heterocycles. The van der Waals surface area contributed by atoms with Crippen molar-refractivity contribution in [3.05, 3.63) is 24.3 Å². The van der Waals surface area contributed by atoms with E-state index in [0.717, 1.165) is 12.8 Å². The zero-order valence-corrected chi connectivity index (χ0v) is 21.1. The van der Waals surface area contributed by atoms with Crippen molar-refractivity contribution in [2.24, 2.45) is 17.8 Å². The average molecular weight is 474 g/mol. The summed E-state index contributed by atoms with van der Waals surface area (Å²) < 4.78 is 6.88. The Bertz CT molecular complexity index is 901. The summed E-state index contributed by atoms with van der Waals surface area (Å²) in [6, 6.07) is -1.46. The van der Waals surface area contributed by atoms with Crippen LogP contribution in [0.2, 0.25) is 0 Å². The molecule has 4 aliphatic rings. The number of likely N-dealkylation sites (N-methyl/N-ethyl adjacent to an activating group) is 1. The van der Waals surface area contributed by atoms with Crippen molar-refractivity contribution in [3.63, 3.8) is 0 Å². The first-order valence-corrected chi connectivity index (χ1v) is 12.7. The molecular weight excluding hydrogens is 434 g/mol. The zero-order chi connectivity index (χ0) is 24.8. The highest BCUT2D eigenvalue weighted by molar-refractivity contribution is 6.00. The van der Waals surface area contributed by atoms with Crippen LogP contribution in [0.1, 0.15) is 47.0 Å². The molecule has 0 aromatic carbocycles. The van der Waals surface area contributed by atoms with Gasteiger partial charge in [-0.3, -0.25) is 14.4 Å². The molecule has 2 saturated heterocycles. The lowest BCUT2D eigenvalue weighted by Crippen LogP contribution is -2.59. The van der Waals surface area contributed by atoms with Gasteiger partial charge in [-0.2, -0.15) is 0 Å². The molecule has 188 valence electrons. The SMILES string of the molecule is CCCCN1CC=C[C@]23O[C@@]4(CC)C=CCN(C)C(=O)[C@H]4[C@H]2C(=O)N([C@@H](CO)C(C)C)C3C1=O. The third-order valence-electron chi connectivity index (χ3n) is 8.26. The first kappa shape index (κ1) is 24.9. The third-order valence-corrected chi connectivity index (χ3v) is 8.26. The lowest BCUT2D eigenvalue weighted by Gasteiger charge is -2.41. The first-order valence-electron chi connectivity index (χ1n) is 12.7. The molecule has 2 fully saturated rings. The van der Waals surface area contributed by atoms with Crippen LogP contribution in [0.4, 0.5) is 0 Å². The molecule has 1 spiro atoms. The summed E-state index contributed by atoms with van der Waals surface area (Å²) in [6.07, 6.45) is 9.99. The maximum Gasteiger partial charge on any atom is 0.249 e. The number of hydrogen-bond acceptors (Lipinski definition) is 5. The molecule has 1 N–H and O–H groups in total. The van der Waals surface area contributed by atoms with Crippen molar-refractivity contribution >= 4 is 17.7 Å². The highest BCUT2D eigenvalue weighted by atomic mass is 16.5. The lowest BCUT2D eigenvalue weighted by atomic mass is 9.73. The molecule has 6 atom stereocenters. The molecule has 0 radical (unpaired) electrons. The summed E-state index contributed by atoms with van der Waals surface area (Å²) in [5, 5.41) is 10.3. The molecule has 4 rings (SSSR count). The van der Waals surface area contributed by atoms with Gasteiger partial charge in [0.25, 0.3) is 0 Å². The largest absolute Gasteiger partial charge is 0.394 e. The summed E-state index contributed by atoms with van der Waals surface area (Å²) in [4.78, 5) is 47.0. The minimum absolute atomic E-state index is 0.0720. The standard InChI is InChI=1S/C26H39N3O5/c1-6-8-14-28-15-10-12-26-20(19-22(31)27(5)13-9-11-25(19,7-2)34-26)23(32)29(21(26)24(28)33)18(16-30)17(3)4/h9-12,17-21,30H,6-8,13-16H2,1-5H3/t18-,19+,20-,21?,25-,26-/m0/s1. The highest BCUT2D eigenvalue weighted by Crippen LogP contribution is 2.59. The Labute approximate surface area is 202 Å². The van der Waals surface area contributed by atoms with Gasteiger partial charge in [-0.05, 0) is 18.8 Å². The number of likely N-dealkylation sites (tertiary alicyclic amines) is 1. The fourth-order valence-corrected chi connectivity index (χ4v) is 6.40. The van der Waals surface area contributed by atoms with Crippen molar-refractivity contribution < 1.29 is 24.2 Å². The van der Waals surface area contributed by atoms with E-state index in [0.29, 0.717) is 26.1 Å². The second-order valence-electron chi connectivity index (χ2n) is 10.5. The van der Waals surface area contributed by atoms with Gasteiger partial charge in [0.2, 0.25) is 17.7 Å². The molecular formula is C26H39N3O5. The van der Waals surface area contributed by atoms with Gasteiger partial charge in [0.15, 0.2) is 0 Å². The van der Waals surface area contributed by atoms with Gasteiger partial charge in [0.1, 0.15) is 11.6 Å². The van der Waals surface area contributed by atoms with Gasteiger partial charge in [-0.25, -0.2) is 0 Å². The quantitative estimate of drug-likeness (QED) is 0.567. The highest BCUT2D eigenvalue weighted by Gasteiger charge is 2.75. The van der Waals surface area contributed by atoms with E-state index in [1.54, 1.807) is 21.7 Å². The van der Waals surface area contributed by atoms with Crippen molar-refractivity contribution in [2.45, 2.75) is 70.2 Å². The predicted molar refractivity (Wildman–Crippen MR) is 128 cm³/mol. The topological polar surface area (TPSA) is 90.4 Å². The monoisotopic (exact) mass is 473 g/mol. The van der Waals surface area contributed by atoms with Crippen LogP contribution in [0.15, 0.2) is 24.3 Å². The van der Waals surface area contributed by atoms with Gasteiger partial charge >= 0.3 is 0 Å². The second kappa shape index (κ2) is 9.11. The summed E-state index contributed by atoms with van der Waals surface area (Å²) in [6.45, 7) is 9.14. The van der Waals surface area contributed by atoms with Gasteiger partial charge in [0, 0.05) is 26.7 Å². The Morgan fingerprint density at radius 1 is 1.06 bits per heavy atom. The minimum atomic E-state index is -1.25.